The van der Waals surface area contributed by atoms with Crippen molar-refractivity contribution in [2.75, 3.05) is 33.4 Å². The summed E-state index contributed by atoms with van der Waals surface area (Å²) in [5, 5.41) is 7.03. The van der Waals surface area contributed by atoms with Gasteiger partial charge in [0.05, 0.1) is 20.3 Å². The predicted molar refractivity (Wildman–Crippen MR) is 114 cm³/mol. The molecule has 0 amide bonds. The van der Waals surface area contributed by atoms with E-state index < -0.39 is 0 Å². The molecule has 6 heteroatoms. The SMILES string of the molecule is CCNC(=NCc1ccc(OCC)c(OC)c1)NC1CCN(C2CCCC2)C1. The topological polar surface area (TPSA) is 58.1 Å². The molecule has 0 spiro atoms. The van der Waals surface area contributed by atoms with Crippen LogP contribution in [0.5, 0.6) is 11.5 Å². The first kappa shape index (κ1) is 20.8. The van der Waals surface area contributed by atoms with Gasteiger partial charge in [0.1, 0.15) is 0 Å². The first-order valence-corrected chi connectivity index (χ1v) is 10.8. The number of benzene rings is 1. The number of likely N-dealkylation sites (tertiary alicyclic amines) is 1. The van der Waals surface area contributed by atoms with Crippen molar-refractivity contribution >= 4 is 5.96 Å². The maximum Gasteiger partial charge on any atom is 0.191 e. The molecule has 156 valence electrons. The summed E-state index contributed by atoms with van der Waals surface area (Å²) in [6.07, 6.45) is 6.74. The lowest BCUT2D eigenvalue weighted by atomic mass is 10.2. The summed E-state index contributed by atoms with van der Waals surface area (Å²) in [5.74, 6) is 2.44. The van der Waals surface area contributed by atoms with Crippen LogP contribution in [0.1, 0.15) is 51.5 Å². The second-order valence-electron chi connectivity index (χ2n) is 7.68. The Morgan fingerprint density at radius 2 is 2.00 bits per heavy atom. The average molecular weight is 389 g/mol. The highest BCUT2D eigenvalue weighted by molar-refractivity contribution is 5.80. The molecule has 2 aliphatic rings. The summed E-state index contributed by atoms with van der Waals surface area (Å²) in [4.78, 5) is 7.47. The molecule has 2 N–H and O–H groups in total. The van der Waals surface area contributed by atoms with Crippen molar-refractivity contribution in [2.45, 2.75) is 64.6 Å². The summed E-state index contributed by atoms with van der Waals surface area (Å²) < 4.78 is 11.0. The van der Waals surface area contributed by atoms with E-state index in [9.17, 15) is 0 Å². The van der Waals surface area contributed by atoms with Gasteiger partial charge in [-0.05, 0) is 50.8 Å². The zero-order valence-corrected chi connectivity index (χ0v) is 17.7. The minimum atomic E-state index is 0.480. The second kappa shape index (κ2) is 10.6. The van der Waals surface area contributed by atoms with Crippen LogP contribution in [-0.4, -0.2) is 56.3 Å². The Labute approximate surface area is 169 Å². The molecule has 1 saturated heterocycles. The molecular formula is C22H36N4O2. The lowest BCUT2D eigenvalue weighted by molar-refractivity contribution is 0.242. The number of ether oxygens (including phenoxy) is 2. The Bertz CT molecular complexity index is 643. The van der Waals surface area contributed by atoms with E-state index in [0.29, 0.717) is 19.2 Å². The van der Waals surface area contributed by atoms with Gasteiger partial charge >= 0.3 is 0 Å². The number of nitrogens with zero attached hydrogens (tertiary/aromatic N) is 2. The minimum absolute atomic E-state index is 0.480. The second-order valence-corrected chi connectivity index (χ2v) is 7.68. The van der Waals surface area contributed by atoms with Gasteiger partial charge in [-0.2, -0.15) is 0 Å². The fourth-order valence-corrected chi connectivity index (χ4v) is 4.27. The van der Waals surface area contributed by atoms with Gasteiger partial charge in [-0.25, -0.2) is 4.99 Å². The highest BCUT2D eigenvalue weighted by Gasteiger charge is 2.30. The molecule has 1 heterocycles. The van der Waals surface area contributed by atoms with Gasteiger partial charge in [0.2, 0.25) is 0 Å². The van der Waals surface area contributed by atoms with Crippen molar-refractivity contribution in [3.05, 3.63) is 23.8 Å². The first-order chi connectivity index (χ1) is 13.7. The Hall–Kier alpha value is -1.95. The fourth-order valence-electron chi connectivity index (χ4n) is 4.27. The Morgan fingerprint density at radius 1 is 1.18 bits per heavy atom. The third-order valence-corrected chi connectivity index (χ3v) is 5.69. The van der Waals surface area contributed by atoms with E-state index in [4.69, 9.17) is 14.5 Å². The van der Waals surface area contributed by atoms with E-state index in [1.807, 2.05) is 19.1 Å². The van der Waals surface area contributed by atoms with Crippen molar-refractivity contribution in [1.29, 1.82) is 0 Å². The molecule has 1 atom stereocenters. The number of rotatable bonds is 8. The molecule has 1 aromatic carbocycles. The molecule has 28 heavy (non-hydrogen) atoms. The Morgan fingerprint density at radius 3 is 2.71 bits per heavy atom. The summed E-state index contributed by atoms with van der Waals surface area (Å²) in [6, 6.07) is 7.31. The Kier molecular flexibility index (Phi) is 7.83. The van der Waals surface area contributed by atoms with Crippen LogP contribution in [0.15, 0.2) is 23.2 Å². The molecule has 2 fully saturated rings. The van der Waals surface area contributed by atoms with E-state index in [2.05, 4.69) is 28.5 Å². The third kappa shape index (κ3) is 5.53. The van der Waals surface area contributed by atoms with Crippen LogP contribution >= 0.6 is 0 Å². The van der Waals surface area contributed by atoms with E-state index in [-0.39, 0.29) is 0 Å². The largest absolute Gasteiger partial charge is 0.493 e. The quantitative estimate of drug-likeness (QED) is 0.529. The molecule has 6 nitrogen and oxygen atoms in total. The smallest absolute Gasteiger partial charge is 0.191 e. The predicted octanol–water partition coefficient (Wildman–Crippen LogP) is 3.17. The molecule has 0 bridgehead atoms. The number of aliphatic imine (C=N–C) groups is 1. The summed E-state index contributed by atoms with van der Waals surface area (Å²) in [5.41, 5.74) is 1.11. The van der Waals surface area contributed by atoms with E-state index in [1.54, 1.807) is 7.11 Å². The Balaban J connectivity index is 1.58. The van der Waals surface area contributed by atoms with Gasteiger partial charge < -0.3 is 20.1 Å². The number of guanidine groups is 1. The van der Waals surface area contributed by atoms with Crippen molar-refractivity contribution in [3.8, 4) is 11.5 Å². The van der Waals surface area contributed by atoms with E-state index in [1.165, 1.54) is 38.6 Å². The lowest BCUT2D eigenvalue weighted by Crippen LogP contribution is -2.45. The third-order valence-electron chi connectivity index (χ3n) is 5.69. The van der Waals surface area contributed by atoms with Crippen LogP contribution in [0.25, 0.3) is 0 Å². The molecule has 1 aliphatic heterocycles. The first-order valence-electron chi connectivity index (χ1n) is 10.8. The van der Waals surface area contributed by atoms with Crippen molar-refractivity contribution in [2.24, 2.45) is 4.99 Å². The van der Waals surface area contributed by atoms with Crippen LogP contribution in [0, 0.1) is 0 Å². The summed E-state index contributed by atoms with van der Waals surface area (Å²) >= 11 is 0. The van der Waals surface area contributed by atoms with Gasteiger partial charge in [-0.15, -0.1) is 0 Å². The van der Waals surface area contributed by atoms with Gasteiger partial charge in [-0.3, -0.25) is 4.90 Å². The summed E-state index contributed by atoms with van der Waals surface area (Å²) in [7, 11) is 1.67. The molecular weight excluding hydrogens is 352 g/mol. The molecule has 1 aliphatic carbocycles. The van der Waals surface area contributed by atoms with Crippen LogP contribution in [0.2, 0.25) is 0 Å². The maximum atomic E-state index is 5.60. The number of hydrogen-bond acceptors (Lipinski definition) is 4. The molecule has 0 radical (unpaired) electrons. The minimum Gasteiger partial charge on any atom is -0.493 e. The van der Waals surface area contributed by atoms with Gasteiger partial charge in [0, 0.05) is 31.7 Å². The van der Waals surface area contributed by atoms with Crippen molar-refractivity contribution in [3.63, 3.8) is 0 Å². The van der Waals surface area contributed by atoms with Crippen molar-refractivity contribution < 1.29 is 9.47 Å². The number of hydrogen-bond donors (Lipinski definition) is 2. The van der Waals surface area contributed by atoms with Crippen LogP contribution < -0.4 is 20.1 Å². The standard InChI is InChI=1S/C22H36N4O2/c1-4-23-22(25-18-12-13-26(16-18)19-8-6-7-9-19)24-15-17-10-11-20(28-5-2)21(14-17)27-3/h10-11,14,18-19H,4-9,12-13,15-16H2,1-3H3,(H2,23,24,25). The average Bonchev–Trinajstić information content (AvgIpc) is 3.39. The van der Waals surface area contributed by atoms with Gasteiger partial charge in [0.15, 0.2) is 17.5 Å². The molecule has 0 aromatic heterocycles. The van der Waals surface area contributed by atoms with Crippen LogP contribution in [0.4, 0.5) is 0 Å². The van der Waals surface area contributed by atoms with Crippen molar-refractivity contribution in [1.82, 2.24) is 15.5 Å². The summed E-state index contributed by atoms with van der Waals surface area (Å²) in [6.45, 7) is 8.51. The molecule has 1 saturated carbocycles. The zero-order valence-electron chi connectivity index (χ0n) is 17.7. The van der Waals surface area contributed by atoms with Crippen LogP contribution in [-0.2, 0) is 6.54 Å². The van der Waals surface area contributed by atoms with E-state index >= 15 is 0 Å². The van der Waals surface area contributed by atoms with Gasteiger partial charge in [-0.1, -0.05) is 18.9 Å². The van der Waals surface area contributed by atoms with Gasteiger partial charge in [0.25, 0.3) is 0 Å². The molecule has 1 unspecified atom stereocenters. The maximum absolute atomic E-state index is 5.60. The molecule has 3 rings (SSSR count). The number of methoxy groups -OCH3 is 1. The lowest BCUT2D eigenvalue weighted by Gasteiger charge is -2.24. The normalized spacial score (nSPS) is 21.1. The zero-order chi connectivity index (χ0) is 19.8. The number of nitrogens with one attached hydrogen (secondary N) is 2. The molecule has 1 aromatic rings. The van der Waals surface area contributed by atoms with E-state index in [0.717, 1.165) is 42.2 Å². The highest BCUT2D eigenvalue weighted by Crippen LogP contribution is 2.28. The van der Waals surface area contributed by atoms with Crippen LogP contribution in [0.3, 0.4) is 0 Å². The highest BCUT2D eigenvalue weighted by atomic mass is 16.5. The fraction of sp³-hybridized carbons (Fsp3) is 0.682. The monoisotopic (exact) mass is 388 g/mol.